The van der Waals surface area contributed by atoms with E-state index in [4.69, 9.17) is 24.5 Å². The van der Waals surface area contributed by atoms with Crippen LogP contribution in [0.15, 0.2) is 54.6 Å². The van der Waals surface area contributed by atoms with Gasteiger partial charge in [0.2, 0.25) is 11.8 Å². The van der Waals surface area contributed by atoms with Crippen LogP contribution >= 0.6 is 11.3 Å². The first-order valence-electron chi connectivity index (χ1n) is 17.4. The smallest absolute Gasteiger partial charge is 0.246 e. The van der Waals surface area contributed by atoms with E-state index in [2.05, 4.69) is 17.5 Å². The highest BCUT2D eigenvalue weighted by molar-refractivity contribution is 7.18. The van der Waals surface area contributed by atoms with Crippen molar-refractivity contribution in [2.45, 2.75) is 38.9 Å². The summed E-state index contributed by atoms with van der Waals surface area (Å²) in [5, 5.41) is 7.72. The number of hydrogen-bond acceptors (Lipinski definition) is 9. The molecule has 7 rings (SSSR count). The van der Waals surface area contributed by atoms with E-state index in [1.54, 1.807) is 30.1 Å². The van der Waals surface area contributed by atoms with Gasteiger partial charge in [-0.1, -0.05) is 6.58 Å². The lowest BCUT2D eigenvalue weighted by atomic mass is 9.95. The van der Waals surface area contributed by atoms with Gasteiger partial charge in [-0.25, -0.2) is 13.8 Å². The molecule has 6 heterocycles. The zero-order valence-electron chi connectivity index (χ0n) is 30.4. The zero-order chi connectivity index (χ0) is 37.6. The Morgan fingerprint density at radius 3 is 2.68 bits per heavy atom. The summed E-state index contributed by atoms with van der Waals surface area (Å²) < 4.78 is 44.7. The number of rotatable bonds is 10. The molecule has 1 aromatic carbocycles. The van der Waals surface area contributed by atoms with Crippen molar-refractivity contribution in [1.82, 2.24) is 34.4 Å². The van der Waals surface area contributed by atoms with Crippen LogP contribution in [0.4, 0.5) is 8.78 Å². The Labute approximate surface area is 310 Å². The van der Waals surface area contributed by atoms with Crippen molar-refractivity contribution in [3.05, 3.63) is 83.1 Å². The molecule has 53 heavy (non-hydrogen) atoms. The highest BCUT2D eigenvalue weighted by Gasteiger charge is 2.34. The third-order valence-electron chi connectivity index (χ3n) is 9.92. The average Bonchev–Trinajstić information content (AvgIpc) is 3.81. The van der Waals surface area contributed by atoms with Crippen LogP contribution in [0.5, 0.6) is 5.75 Å². The van der Waals surface area contributed by atoms with Gasteiger partial charge in [0.1, 0.15) is 35.4 Å². The number of thiophene rings is 1. The van der Waals surface area contributed by atoms with Crippen molar-refractivity contribution in [1.29, 1.82) is 0 Å². The van der Waals surface area contributed by atoms with E-state index in [-0.39, 0.29) is 48.4 Å². The number of halogens is 2. The first kappa shape index (κ1) is 36.3. The minimum absolute atomic E-state index is 0.0197. The quantitative estimate of drug-likeness (QED) is 0.122. The lowest BCUT2D eigenvalue weighted by molar-refractivity contribution is -0.130. The molecule has 276 valence electrons. The summed E-state index contributed by atoms with van der Waals surface area (Å²) in [5.74, 6) is -1.70. The van der Waals surface area contributed by atoms with Crippen LogP contribution in [0.3, 0.4) is 0 Å². The molecule has 2 aliphatic rings. The Bertz CT molecular complexity index is 2230. The molecule has 0 radical (unpaired) electrons. The molecule has 0 spiro atoms. The summed E-state index contributed by atoms with van der Waals surface area (Å²) in [6.07, 6.45) is 3.81. The van der Waals surface area contributed by atoms with Crippen molar-refractivity contribution in [2.24, 2.45) is 0 Å². The van der Waals surface area contributed by atoms with Crippen LogP contribution in [-0.2, 0) is 27.3 Å². The summed E-state index contributed by atoms with van der Waals surface area (Å²) in [5.41, 5.74) is 5.52. The Balaban J connectivity index is 1.42. The number of likely N-dealkylation sites (N-methyl/N-ethyl adjacent to an activating group) is 1. The molecule has 2 amide bonds. The second-order valence-electron chi connectivity index (χ2n) is 13.6. The number of nitrogens with zero attached hydrogens (tertiary/aromatic N) is 7. The van der Waals surface area contributed by atoms with E-state index in [1.165, 1.54) is 30.6 Å². The second kappa shape index (κ2) is 14.8. The van der Waals surface area contributed by atoms with Crippen LogP contribution in [0.2, 0.25) is 0 Å². The number of carbonyl (C=O) groups excluding carboxylic acids is 2. The number of ether oxygens (including phenoxy) is 2. The summed E-state index contributed by atoms with van der Waals surface area (Å²) in [6.45, 7) is 9.90. The third-order valence-corrected chi connectivity index (χ3v) is 10.9. The lowest BCUT2D eigenvalue weighted by Gasteiger charge is -2.36. The number of fused-ring (bicyclic) bond motifs is 3. The zero-order valence-corrected chi connectivity index (χ0v) is 31.2. The van der Waals surface area contributed by atoms with Crippen molar-refractivity contribution in [3.8, 4) is 39.5 Å². The van der Waals surface area contributed by atoms with Crippen LogP contribution < -0.4 is 4.74 Å². The molecule has 0 saturated carbocycles. The molecule has 0 bridgehead atoms. The maximum Gasteiger partial charge on any atom is 0.246 e. The van der Waals surface area contributed by atoms with E-state index in [0.29, 0.717) is 59.9 Å². The molecular formula is C39H41F2N7O4S. The van der Waals surface area contributed by atoms with Crippen molar-refractivity contribution >= 4 is 33.2 Å². The second-order valence-corrected chi connectivity index (χ2v) is 14.6. The molecule has 0 aliphatic carbocycles. The molecular weight excluding hydrogens is 701 g/mol. The average molecular weight is 742 g/mol. The van der Waals surface area contributed by atoms with Gasteiger partial charge in [0.15, 0.2) is 0 Å². The fourth-order valence-electron chi connectivity index (χ4n) is 7.14. The van der Waals surface area contributed by atoms with Gasteiger partial charge in [-0.15, -0.1) is 11.3 Å². The highest BCUT2D eigenvalue weighted by Crippen LogP contribution is 2.48. The molecule has 14 heteroatoms. The van der Waals surface area contributed by atoms with Crippen molar-refractivity contribution in [2.75, 3.05) is 54.1 Å². The van der Waals surface area contributed by atoms with Gasteiger partial charge in [-0.3, -0.25) is 24.2 Å². The molecule has 11 nitrogen and oxygen atoms in total. The van der Waals surface area contributed by atoms with Crippen LogP contribution in [0.1, 0.15) is 42.9 Å². The summed E-state index contributed by atoms with van der Waals surface area (Å²) >= 11 is 1.41. The lowest BCUT2D eigenvalue weighted by Crippen LogP contribution is -2.42. The van der Waals surface area contributed by atoms with Gasteiger partial charge >= 0.3 is 0 Å². The monoisotopic (exact) mass is 741 g/mol. The molecule has 0 N–H and O–H groups in total. The first-order chi connectivity index (χ1) is 25.5. The Kier molecular flexibility index (Phi) is 10.1. The van der Waals surface area contributed by atoms with Gasteiger partial charge in [0.25, 0.3) is 0 Å². The summed E-state index contributed by atoms with van der Waals surface area (Å²) in [6, 6.07) is 7.46. The maximum atomic E-state index is 16.2. The van der Waals surface area contributed by atoms with Gasteiger partial charge in [0.05, 0.1) is 47.9 Å². The molecule has 0 unspecified atom stereocenters. The molecule has 4 aromatic heterocycles. The van der Waals surface area contributed by atoms with Gasteiger partial charge in [-0.2, -0.15) is 5.10 Å². The largest absolute Gasteiger partial charge is 0.490 e. The van der Waals surface area contributed by atoms with E-state index in [1.807, 2.05) is 36.0 Å². The van der Waals surface area contributed by atoms with Gasteiger partial charge in [-0.05, 0) is 55.5 Å². The number of benzene rings is 1. The number of hydrogen-bond donors (Lipinski definition) is 0. The maximum absolute atomic E-state index is 16.2. The minimum atomic E-state index is -0.802. The first-order valence-corrected chi connectivity index (χ1v) is 18.3. The van der Waals surface area contributed by atoms with Crippen molar-refractivity contribution in [3.63, 3.8) is 0 Å². The predicted octanol–water partition coefficient (Wildman–Crippen LogP) is 6.29. The van der Waals surface area contributed by atoms with Crippen LogP contribution in [-0.4, -0.2) is 100 Å². The van der Waals surface area contributed by atoms with Crippen molar-refractivity contribution < 1.29 is 27.8 Å². The minimum Gasteiger partial charge on any atom is -0.490 e. The summed E-state index contributed by atoms with van der Waals surface area (Å²) in [4.78, 5) is 40.8. The van der Waals surface area contributed by atoms with E-state index in [0.717, 1.165) is 34.0 Å². The van der Waals surface area contributed by atoms with Gasteiger partial charge < -0.3 is 19.3 Å². The number of pyridine rings is 2. The standard InChI is InChI=1S/C39H41F2N7O4S/c1-7-33(49)47-19-22(2)48-31(23(47)3)17-29(44-48)38-36(35-28(41)15-26(40)16-32(35)52-12-11-51-6)39-27(9-13-53-39)37(43-38)25-14-24-8-10-46(20-30(24)42-18-25)21-34(50)45(4)5/h7,9,13-18,22-23H,1,8,10-12,19-21H2,2-6H3/t22-,23+/m0/s1. The SMILES string of the molecule is C=CC(=O)N1C[C@H](C)n2nc(-c3nc(-c4cnc5c(c4)CCN(CC(=O)N(C)C)C5)c4ccsc4c3-c3c(F)cc(F)cc3OCCOC)cc2[C@H]1C. The Hall–Kier alpha value is -5.05. The van der Waals surface area contributed by atoms with Gasteiger partial charge in [0, 0.05) is 80.4 Å². The Morgan fingerprint density at radius 2 is 1.92 bits per heavy atom. The van der Waals surface area contributed by atoms with E-state index < -0.39 is 11.6 Å². The molecule has 5 aromatic rings. The number of methoxy groups -OCH3 is 1. The topological polar surface area (TPSA) is 106 Å². The molecule has 2 aliphatic heterocycles. The number of aromatic nitrogens is 4. The predicted molar refractivity (Wildman–Crippen MR) is 200 cm³/mol. The number of carbonyl (C=O) groups is 2. The fraction of sp³-hybridized carbons (Fsp3) is 0.359. The molecule has 2 atom stereocenters. The third kappa shape index (κ3) is 6.82. The highest BCUT2D eigenvalue weighted by atomic mass is 32.1. The summed E-state index contributed by atoms with van der Waals surface area (Å²) in [7, 11) is 5.03. The Morgan fingerprint density at radius 1 is 1.11 bits per heavy atom. The number of amides is 2. The van der Waals surface area contributed by atoms with Crippen LogP contribution in [0.25, 0.3) is 43.9 Å². The normalized spacial score (nSPS) is 17.1. The fourth-order valence-corrected chi connectivity index (χ4v) is 8.08. The van der Waals surface area contributed by atoms with E-state index >= 15 is 4.39 Å². The van der Waals surface area contributed by atoms with Crippen LogP contribution in [0, 0.1) is 11.6 Å². The molecule has 0 saturated heterocycles. The molecule has 0 fully saturated rings. The van der Waals surface area contributed by atoms with E-state index in [9.17, 15) is 14.0 Å².